The monoisotopic (exact) mass is 442 g/mol. The van der Waals surface area contributed by atoms with E-state index in [4.69, 9.17) is 4.74 Å². The fourth-order valence-corrected chi connectivity index (χ4v) is 4.39. The van der Waals surface area contributed by atoms with Crippen LogP contribution in [0, 0.1) is 0 Å². The minimum atomic E-state index is -0.372. The molecule has 33 heavy (non-hydrogen) atoms. The number of ether oxygens (including phenoxy) is 1. The molecule has 2 amide bonds. The molecule has 3 heterocycles. The van der Waals surface area contributed by atoms with Crippen molar-refractivity contribution in [2.75, 3.05) is 33.9 Å². The smallest absolute Gasteiger partial charge is 0.259 e. The quantitative estimate of drug-likeness (QED) is 0.324. The molecule has 168 valence electrons. The first-order chi connectivity index (χ1) is 16.0. The third kappa shape index (κ3) is 3.86. The number of rotatable bonds is 8. The van der Waals surface area contributed by atoms with E-state index >= 15 is 0 Å². The topological polar surface area (TPSA) is 79.4 Å². The van der Waals surface area contributed by atoms with Crippen molar-refractivity contribution in [3.05, 3.63) is 72.1 Å². The van der Waals surface area contributed by atoms with Gasteiger partial charge in [-0.1, -0.05) is 36.4 Å². The van der Waals surface area contributed by atoms with Gasteiger partial charge in [-0.3, -0.25) is 14.9 Å². The van der Waals surface area contributed by atoms with Crippen molar-refractivity contribution in [2.45, 2.75) is 6.54 Å². The number of benzene rings is 2. The first kappa shape index (κ1) is 21.2. The van der Waals surface area contributed by atoms with Crippen LogP contribution in [0.4, 0.5) is 0 Å². The molecule has 7 heteroatoms. The van der Waals surface area contributed by atoms with Gasteiger partial charge in [-0.25, -0.2) is 0 Å². The Morgan fingerprint density at radius 1 is 0.879 bits per heavy atom. The molecular weight excluding hydrogens is 416 g/mol. The second-order valence-electron chi connectivity index (χ2n) is 8.45. The molecule has 2 N–H and O–H groups in total. The maximum atomic E-state index is 13.0. The minimum Gasteiger partial charge on any atom is -0.378 e. The summed E-state index contributed by atoms with van der Waals surface area (Å²) in [5, 5.41) is 4.35. The molecule has 0 atom stereocenters. The maximum absolute atomic E-state index is 13.0. The summed E-state index contributed by atoms with van der Waals surface area (Å²) in [6.45, 7) is 2.73. The predicted octanol–water partition coefficient (Wildman–Crippen LogP) is 3.27. The SMILES string of the molecule is CN(C)CCOCCn1cc(C2=C(c3c[nH]c4ccccc34)C(=O)NC2=O)c2ccccc21. The fourth-order valence-electron chi connectivity index (χ4n) is 4.39. The van der Waals surface area contributed by atoms with Crippen LogP contribution in [-0.2, 0) is 20.9 Å². The Labute approximate surface area is 191 Å². The zero-order chi connectivity index (χ0) is 22.9. The highest BCUT2D eigenvalue weighted by molar-refractivity contribution is 6.50. The molecule has 0 spiro atoms. The largest absolute Gasteiger partial charge is 0.378 e. The highest BCUT2D eigenvalue weighted by atomic mass is 16.5. The highest BCUT2D eigenvalue weighted by Gasteiger charge is 2.34. The standard InChI is InChI=1S/C26H26N4O3/c1-29(2)11-13-33-14-12-30-16-20(18-8-4-6-10-22(18)30)24-23(25(31)28-26(24)32)19-15-27-21-9-5-3-7-17(19)21/h3-10,15-16,27H,11-14H2,1-2H3,(H,28,31,32). The molecule has 4 aromatic rings. The van der Waals surface area contributed by atoms with Crippen LogP contribution >= 0.6 is 0 Å². The number of amides is 2. The normalized spacial score (nSPS) is 14.3. The molecule has 2 aromatic heterocycles. The predicted molar refractivity (Wildman–Crippen MR) is 130 cm³/mol. The molecule has 5 rings (SSSR count). The second-order valence-corrected chi connectivity index (χ2v) is 8.45. The summed E-state index contributed by atoms with van der Waals surface area (Å²) < 4.78 is 7.88. The lowest BCUT2D eigenvalue weighted by Crippen LogP contribution is -2.22. The first-order valence-corrected chi connectivity index (χ1v) is 11.0. The number of nitrogens with zero attached hydrogens (tertiary/aromatic N) is 2. The number of hydrogen-bond acceptors (Lipinski definition) is 4. The molecule has 0 radical (unpaired) electrons. The molecule has 0 saturated heterocycles. The molecule has 0 fully saturated rings. The lowest BCUT2D eigenvalue weighted by atomic mass is 9.95. The molecular formula is C26H26N4O3. The van der Waals surface area contributed by atoms with E-state index in [1.807, 2.05) is 68.8 Å². The number of carbonyl (C=O) groups excluding carboxylic acids is 2. The van der Waals surface area contributed by atoms with Gasteiger partial charge in [-0.05, 0) is 26.2 Å². The molecule has 0 unspecified atom stereocenters. The van der Waals surface area contributed by atoms with Gasteiger partial charge in [-0.15, -0.1) is 0 Å². The molecule has 7 nitrogen and oxygen atoms in total. The zero-order valence-electron chi connectivity index (χ0n) is 18.7. The van der Waals surface area contributed by atoms with Crippen molar-refractivity contribution >= 4 is 44.8 Å². The van der Waals surface area contributed by atoms with Crippen LogP contribution in [0.3, 0.4) is 0 Å². The van der Waals surface area contributed by atoms with Crippen LogP contribution in [-0.4, -0.2) is 60.1 Å². The minimum absolute atomic E-state index is 0.370. The summed E-state index contributed by atoms with van der Waals surface area (Å²) in [7, 11) is 4.03. The Balaban J connectivity index is 1.58. The fraction of sp³-hybridized carbons (Fsp3) is 0.231. The van der Waals surface area contributed by atoms with Gasteiger partial charge in [0.25, 0.3) is 11.8 Å². The van der Waals surface area contributed by atoms with Crippen molar-refractivity contribution in [1.29, 1.82) is 0 Å². The van der Waals surface area contributed by atoms with E-state index in [2.05, 4.69) is 19.8 Å². The average molecular weight is 443 g/mol. The van der Waals surface area contributed by atoms with E-state index < -0.39 is 0 Å². The third-order valence-corrected chi connectivity index (χ3v) is 6.01. The van der Waals surface area contributed by atoms with E-state index in [-0.39, 0.29) is 11.8 Å². The second kappa shape index (κ2) is 8.69. The van der Waals surface area contributed by atoms with Crippen molar-refractivity contribution in [2.24, 2.45) is 0 Å². The maximum Gasteiger partial charge on any atom is 0.259 e. The summed E-state index contributed by atoms with van der Waals surface area (Å²) in [6, 6.07) is 15.7. The van der Waals surface area contributed by atoms with E-state index in [0.717, 1.165) is 39.5 Å². The number of carbonyl (C=O) groups is 2. The Morgan fingerprint density at radius 2 is 1.58 bits per heavy atom. The van der Waals surface area contributed by atoms with Gasteiger partial charge < -0.3 is 19.2 Å². The van der Waals surface area contributed by atoms with Gasteiger partial charge >= 0.3 is 0 Å². The third-order valence-electron chi connectivity index (χ3n) is 6.01. The molecule has 0 saturated carbocycles. The van der Waals surface area contributed by atoms with Crippen LogP contribution < -0.4 is 5.32 Å². The Hall–Kier alpha value is -3.68. The molecule has 0 aliphatic carbocycles. The van der Waals surface area contributed by atoms with Gasteiger partial charge in [0.05, 0.1) is 24.4 Å². The van der Waals surface area contributed by atoms with Gasteiger partial charge in [0.2, 0.25) is 0 Å². The summed E-state index contributed by atoms with van der Waals surface area (Å²) in [5.74, 6) is -0.742. The van der Waals surface area contributed by atoms with Gasteiger partial charge in [0.1, 0.15) is 0 Å². The zero-order valence-corrected chi connectivity index (χ0v) is 18.7. The summed E-state index contributed by atoms with van der Waals surface area (Å²) >= 11 is 0. The first-order valence-electron chi connectivity index (χ1n) is 11.0. The lowest BCUT2D eigenvalue weighted by molar-refractivity contribution is -0.122. The van der Waals surface area contributed by atoms with E-state index in [1.54, 1.807) is 6.20 Å². The van der Waals surface area contributed by atoms with Gasteiger partial charge in [0, 0.05) is 58.4 Å². The van der Waals surface area contributed by atoms with Crippen LogP contribution in [0.15, 0.2) is 60.9 Å². The van der Waals surface area contributed by atoms with Crippen molar-refractivity contribution in [1.82, 2.24) is 19.8 Å². The molecule has 1 aliphatic rings. The number of likely N-dealkylation sites (N-methyl/N-ethyl adjacent to an activating group) is 1. The molecule has 1 aliphatic heterocycles. The highest BCUT2D eigenvalue weighted by Crippen LogP contribution is 2.38. The number of aromatic amines is 1. The number of aromatic nitrogens is 2. The Bertz CT molecular complexity index is 1390. The van der Waals surface area contributed by atoms with Crippen molar-refractivity contribution in [3.8, 4) is 0 Å². The Morgan fingerprint density at radius 3 is 2.36 bits per heavy atom. The van der Waals surface area contributed by atoms with Crippen molar-refractivity contribution < 1.29 is 14.3 Å². The van der Waals surface area contributed by atoms with Crippen LogP contribution in [0.25, 0.3) is 33.0 Å². The number of para-hydroxylation sites is 2. The van der Waals surface area contributed by atoms with Crippen LogP contribution in [0.2, 0.25) is 0 Å². The number of H-pyrrole nitrogens is 1. The van der Waals surface area contributed by atoms with E-state index in [9.17, 15) is 9.59 Å². The average Bonchev–Trinajstić information content (AvgIpc) is 3.46. The number of imide groups is 1. The number of fused-ring (bicyclic) bond motifs is 2. The van der Waals surface area contributed by atoms with Crippen LogP contribution in [0.5, 0.6) is 0 Å². The summed E-state index contributed by atoms with van der Waals surface area (Å²) in [5.41, 5.74) is 4.22. The van der Waals surface area contributed by atoms with Crippen LogP contribution in [0.1, 0.15) is 11.1 Å². The molecule has 0 bridgehead atoms. The van der Waals surface area contributed by atoms with Gasteiger partial charge in [0.15, 0.2) is 0 Å². The van der Waals surface area contributed by atoms with Crippen molar-refractivity contribution in [3.63, 3.8) is 0 Å². The van der Waals surface area contributed by atoms with Gasteiger partial charge in [-0.2, -0.15) is 0 Å². The summed E-state index contributed by atoms with van der Waals surface area (Å²) in [4.78, 5) is 31.2. The number of hydrogen-bond donors (Lipinski definition) is 2. The number of nitrogens with one attached hydrogen (secondary N) is 2. The van der Waals surface area contributed by atoms with E-state index in [0.29, 0.717) is 30.9 Å². The molecule has 2 aromatic carbocycles. The van der Waals surface area contributed by atoms with E-state index in [1.165, 1.54) is 0 Å². The Kier molecular flexibility index (Phi) is 5.58. The lowest BCUT2D eigenvalue weighted by Gasteiger charge is -2.10. The summed E-state index contributed by atoms with van der Waals surface area (Å²) in [6.07, 6.45) is 3.76.